The number of unbranched alkanes of at least 4 members (excludes halogenated alkanes) is 5. The first-order valence-electron chi connectivity index (χ1n) is 10.9. The minimum absolute atomic E-state index is 0.233. The fourth-order valence-corrected chi connectivity index (χ4v) is 4.35. The van der Waals surface area contributed by atoms with E-state index < -0.39 is 17.9 Å². The van der Waals surface area contributed by atoms with Crippen molar-refractivity contribution in [3.05, 3.63) is 22.7 Å². The lowest BCUT2D eigenvalue weighted by atomic mass is 10.0. The molecule has 2 heterocycles. The van der Waals surface area contributed by atoms with Crippen molar-refractivity contribution < 1.29 is 23.9 Å². The van der Waals surface area contributed by atoms with Crippen molar-refractivity contribution in [2.45, 2.75) is 64.5 Å². The number of carbonyl (C=O) groups excluding carboxylic acids is 3. The lowest BCUT2D eigenvalue weighted by Crippen LogP contribution is -2.47. The van der Waals surface area contributed by atoms with Crippen LogP contribution in [0.3, 0.4) is 0 Å². The van der Waals surface area contributed by atoms with E-state index >= 15 is 0 Å². The van der Waals surface area contributed by atoms with Crippen LogP contribution in [-0.4, -0.2) is 47.9 Å². The zero-order valence-corrected chi connectivity index (χ0v) is 19.1. The highest BCUT2D eigenvalue weighted by Crippen LogP contribution is 2.44. The summed E-state index contributed by atoms with van der Waals surface area (Å²) in [6.45, 7) is 4.28. The summed E-state index contributed by atoms with van der Waals surface area (Å²) < 4.78 is 10.8. The number of guanidine groups is 1. The monoisotopic (exact) mass is 464 g/mol. The number of hydrogen-bond acceptors (Lipinski definition) is 7. The molecular formula is C22H29ClN4O5. The number of nitrogens with zero attached hydrogens (tertiary/aromatic N) is 2. The van der Waals surface area contributed by atoms with E-state index in [4.69, 9.17) is 26.8 Å². The molecule has 3 rings (SSSR count). The van der Waals surface area contributed by atoms with Crippen molar-refractivity contribution in [2.24, 2.45) is 10.7 Å². The number of primary amides is 1. The molecule has 10 heteroatoms. The smallest absolute Gasteiger partial charge is 0.302 e. The van der Waals surface area contributed by atoms with Gasteiger partial charge in [0.25, 0.3) is 5.91 Å². The molecule has 2 aliphatic rings. The van der Waals surface area contributed by atoms with E-state index in [0.717, 1.165) is 38.5 Å². The average Bonchev–Trinajstić information content (AvgIpc) is 3.07. The first-order chi connectivity index (χ1) is 15.3. The second-order valence-corrected chi connectivity index (χ2v) is 8.31. The third-order valence-electron chi connectivity index (χ3n) is 5.56. The molecule has 0 bridgehead atoms. The summed E-state index contributed by atoms with van der Waals surface area (Å²) in [4.78, 5) is 40.6. The summed E-state index contributed by atoms with van der Waals surface area (Å²) in [5, 5.41) is 3.03. The fraction of sp³-hybridized carbons (Fsp3) is 0.545. The number of benzene rings is 1. The number of hydrogen-bond donors (Lipinski definition) is 2. The topological polar surface area (TPSA) is 123 Å². The van der Waals surface area contributed by atoms with E-state index in [0.29, 0.717) is 41.2 Å². The van der Waals surface area contributed by atoms with Crippen LogP contribution >= 0.6 is 11.6 Å². The van der Waals surface area contributed by atoms with Crippen molar-refractivity contribution in [3.8, 4) is 5.75 Å². The third kappa shape index (κ3) is 5.32. The molecule has 1 aromatic carbocycles. The minimum Gasteiger partial charge on any atom is -0.492 e. The van der Waals surface area contributed by atoms with Crippen LogP contribution in [0.5, 0.6) is 5.75 Å². The number of halogens is 1. The van der Waals surface area contributed by atoms with Gasteiger partial charge in [0.2, 0.25) is 11.9 Å². The number of esters is 1. The van der Waals surface area contributed by atoms with Crippen LogP contribution in [0.15, 0.2) is 17.1 Å². The molecule has 0 saturated carbocycles. The van der Waals surface area contributed by atoms with Crippen LogP contribution in [0, 0.1) is 0 Å². The molecule has 2 amide bonds. The highest BCUT2D eigenvalue weighted by molar-refractivity contribution is 6.33. The Morgan fingerprint density at radius 3 is 2.47 bits per heavy atom. The number of ether oxygens (including phenoxy) is 2. The SMILES string of the molecule is CC(=O)OCCCCCCCCOc1ccc2c(c1Cl)C(C)N1C(=N2)NC(=O)C1C(N)=O. The zero-order valence-electron chi connectivity index (χ0n) is 18.4. The first kappa shape index (κ1) is 23.8. The third-order valence-corrected chi connectivity index (χ3v) is 5.95. The van der Waals surface area contributed by atoms with Crippen molar-refractivity contribution in [2.75, 3.05) is 13.2 Å². The predicted molar refractivity (Wildman–Crippen MR) is 120 cm³/mol. The average molecular weight is 465 g/mol. The summed E-state index contributed by atoms with van der Waals surface area (Å²) in [7, 11) is 0. The van der Waals surface area contributed by atoms with E-state index in [1.807, 2.05) is 6.92 Å². The van der Waals surface area contributed by atoms with Gasteiger partial charge in [0.05, 0.1) is 30.0 Å². The van der Waals surface area contributed by atoms with Crippen LogP contribution in [0.2, 0.25) is 5.02 Å². The Labute approximate surface area is 192 Å². The zero-order chi connectivity index (χ0) is 23.3. The molecule has 2 atom stereocenters. The molecular weight excluding hydrogens is 436 g/mol. The summed E-state index contributed by atoms with van der Waals surface area (Å²) >= 11 is 6.63. The van der Waals surface area contributed by atoms with E-state index in [1.54, 1.807) is 17.0 Å². The molecule has 2 unspecified atom stereocenters. The van der Waals surface area contributed by atoms with Gasteiger partial charge in [-0.05, 0) is 31.9 Å². The van der Waals surface area contributed by atoms with E-state index in [2.05, 4.69) is 10.3 Å². The maximum absolute atomic E-state index is 12.1. The highest BCUT2D eigenvalue weighted by Gasteiger charge is 2.46. The normalized spacial score (nSPS) is 19.0. The van der Waals surface area contributed by atoms with Gasteiger partial charge >= 0.3 is 5.97 Å². The van der Waals surface area contributed by atoms with Crippen LogP contribution in [0.1, 0.15) is 64.0 Å². The van der Waals surface area contributed by atoms with Crippen LogP contribution in [-0.2, 0) is 19.1 Å². The molecule has 0 radical (unpaired) electrons. The minimum atomic E-state index is -1.12. The lowest BCUT2D eigenvalue weighted by molar-refractivity contribution is -0.141. The second kappa shape index (κ2) is 10.7. The van der Waals surface area contributed by atoms with Crippen molar-refractivity contribution in [1.82, 2.24) is 10.2 Å². The van der Waals surface area contributed by atoms with Gasteiger partial charge < -0.3 is 20.1 Å². The standard InChI is InChI=1S/C22H29ClN4O5/c1-13-17-15(25-22-26-21(30)19(20(24)29)27(13)22)9-10-16(18(17)23)32-12-8-6-4-3-5-7-11-31-14(2)28/h9-10,13,19H,3-8,11-12H2,1-2H3,(H2,24,29)(H,25,26,30). The van der Waals surface area contributed by atoms with Gasteiger partial charge in [0.15, 0.2) is 6.04 Å². The molecule has 0 spiro atoms. The number of nitrogens with one attached hydrogen (secondary N) is 1. The summed E-state index contributed by atoms with van der Waals surface area (Å²) in [5.74, 6) is -0.613. The maximum Gasteiger partial charge on any atom is 0.302 e. The Hall–Kier alpha value is -2.81. The van der Waals surface area contributed by atoms with Gasteiger partial charge in [-0.25, -0.2) is 4.99 Å². The molecule has 32 heavy (non-hydrogen) atoms. The van der Waals surface area contributed by atoms with Crippen molar-refractivity contribution >= 4 is 41.0 Å². The lowest BCUT2D eigenvalue weighted by Gasteiger charge is -2.33. The molecule has 1 fully saturated rings. The molecule has 1 saturated heterocycles. The molecule has 9 nitrogen and oxygen atoms in total. The Balaban J connectivity index is 1.51. The van der Waals surface area contributed by atoms with Gasteiger partial charge in [-0.15, -0.1) is 0 Å². The predicted octanol–water partition coefficient (Wildman–Crippen LogP) is 2.97. The van der Waals surface area contributed by atoms with Crippen LogP contribution in [0.4, 0.5) is 5.69 Å². The Bertz CT molecular complexity index is 920. The molecule has 0 aromatic heterocycles. The van der Waals surface area contributed by atoms with Crippen molar-refractivity contribution in [1.29, 1.82) is 0 Å². The quantitative estimate of drug-likeness (QED) is 0.295. The number of amides is 2. The fourth-order valence-electron chi connectivity index (χ4n) is 3.98. The largest absolute Gasteiger partial charge is 0.492 e. The number of fused-ring (bicyclic) bond motifs is 2. The summed E-state index contributed by atoms with van der Waals surface area (Å²) in [6, 6.07) is 2.07. The number of aliphatic imine (C=N–C) groups is 1. The molecule has 3 N–H and O–H groups in total. The molecule has 174 valence electrons. The molecule has 2 aliphatic heterocycles. The van der Waals surface area contributed by atoms with Gasteiger partial charge in [-0.3, -0.25) is 19.7 Å². The summed E-state index contributed by atoms with van der Waals surface area (Å²) in [6.07, 6.45) is 6.01. The second-order valence-electron chi connectivity index (χ2n) is 7.93. The molecule has 0 aliphatic carbocycles. The maximum atomic E-state index is 12.1. The number of rotatable bonds is 11. The Morgan fingerprint density at radius 1 is 1.16 bits per heavy atom. The van der Waals surface area contributed by atoms with Crippen LogP contribution in [0.25, 0.3) is 0 Å². The van der Waals surface area contributed by atoms with Crippen LogP contribution < -0.4 is 15.8 Å². The van der Waals surface area contributed by atoms with Gasteiger partial charge in [-0.2, -0.15) is 0 Å². The van der Waals surface area contributed by atoms with E-state index in [-0.39, 0.29) is 12.0 Å². The Kier molecular flexibility index (Phi) is 7.95. The summed E-state index contributed by atoms with van der Waals surface area (Å²) in [5.41, 5.74) is 6.75. The highest BCUT2D eigenvalue weighted by atomic mass is 35.5. The molecule has 1 aromatic rings. The van der Waals surface area contributed by atoms with Gasteiger partial charge in [-0.1, -0.05) is 37.3 Å². The van der Waals surface area contributed by atoms with Gasteiger partial charge in [0.1, 0.15) is 5.75 Å². The van der Waals surface area contributed by atoms with E-state index in [1.165, 1.54) is 6.92 Å². The first-order valence-corrected chi connectivity index (χ1v) is 11.2. The Morgan fingerprint density at radius 2 is 1.81 bits per heavy atom. The van der Waals surface area contributed by atoms with Crippen molar-refractivity contribution in [3.63, 3.8) is 0 Å². The van der Waals surface area contributed by atoms with Gasteiger partial charge in [0, 0.05) is 12.5 Å². The van der Waals surface area contributed by atoms with E-state index in [9.17, 15) is 14.4 Å². The number of nitrogens with two attached hydrogens (primary N) is 1. The number of carbonyl (C=O) groups is 3.